The third kappa shape index (κ3) is 3.12. The molecule has 1 saturated carbocycles. The summed E-state index contributed by atoms with van der Waals surface area (Å²) in [7, 11) is 0. The molecule has 0 unspecified atom stereocenters. The summed E-state index contributed by atoms with van der Waals surface area (Å²) in [5.41, 5.74) is 0.985. The molecule has 120 valence electrons. The van der Waals surface area contributed by atoms with Gasteiger partial charge in [-0.2, -0.15) is 0 Å². The lowest BCUT2D eigenvalue weighted by molar-refractivity contribution is 0.00231. The SMILES string of the molecule is O=C(O[C@@H]1CCC[C@@]1(CO)c1ccccc1)c1ccc(Cl)cc1. The highest BCUT2D eigenvalue weighted by atomic mass is 35.5. The summed E-state index contributed by atoms with van der Waals surface area (Å²) in [4.78, 5) is 12.4. The van der Waals surface area contributed by atoms with Crippen molar-refractivity contribution in [1.82, 2.24) is 0 Å². The van der Waals surface area contributed by atoms with E-state index in [4.69, 9.17) is 16.3 Å². The maximum Gasteiger partial charge on any atom is 0.338 e. The predicted octanol–water partition coefficient (Wildman–Crippen LogP) is 3.98. The average molecular weight is 331 g/mol. The molecule has 0 saturated heterocycles. The van der Waals surface area contributed by atoms with Gasteiger partial charge in [0.2, 0.25) is 0 Å². The number of hydrogen-bond donors (Lipinski definition) is 1. The molecule has 1 aliphatic rings. The monoisotopic (exact) mass is 330 g/mol. The van der Waals surface area contributed by atoms with E-state index in [-0.39, 0.29) is 18.7 Å². The second-order valence-electron chi connectivity index (χ2n) is 5.97. The normalized spacial score (nSPS) is 23.7. The van der Waals surface area contributed by atoms with E-state index in [9.17, 15) is 9.90 Å². The van der Waals surface area contributed by atoms with E-state index in [0.29, 0.717) is 10.6 Å². The Morgan fingerprint density at radius 2 is 1.87 bits per heavy atom. The molecule has 3 nitrogen and oxygen atoms in total. The number of rotatable bonds is 4. The Morgan fingerprint density at radius 3 is 2.52 bits per heavy atom. The molecular formula is C19H19ClO3. The first-order chi connectivity index (χ1) is 11.2. The van der Waals surface area contributed by atoms with Crippen molar-refractivity contribution in [3.8, 4) is 0 Å². The number of carbonyl (C=O) groups excluding carboxylic acids is 1. The van der Waals surface area contributed by atoms with E-state index in [0.717, 1.165) is 24.8 Å². The van der Waals surface area contributed by atoms with E-state index < -0.39 is 5.41 Å². The lowest BCUT2D eigenvalue weighted by Crippen LogP contribution is -2.41. The second-order valence-corrected chi connectivity index (χ2v) is 6.41. The van der Waals surface area contributed by atoms with Crippen LogP contribution in [0.4, 0.5) is 0 Å². The van der Waals surface area contributed by atoms with E-state index >= 15 is 0 Å². The zero-order valence-corrected chi connectivity index (χ0v) is 13.5. The Labute approximate surface area is 140 Å². The van der Waals surface area contributed by atoms with Crippen molar-refractivity contribution < 1.29 is 14.6 Å². The summed E-state index contributed by atoms with van der Waals surface area (Å²) in [5.74, 6) is -0.373. The largest absolute Gasteiger partial charge is 0.458 e. The van der Waals surface area contributed by atoms with Gasteiger partial charge in [-0.15, -0.1) is 0 Å². The predicted molar refractivity (Wildman–Crippen MR) is 89.7 cm³/mol. The van der Waals surface area contributed by atoms with E-state index in [1.165, 1.54) is 0 Å². The average Bonchev–Trinajstić information content (AvgIpc) is 3.00. The van der Waals surface area contributed by atoms with E-state index in [2.05, 4.69) is 0 Å². The van der Waals surface area contributed by atoms with Crippen LogP contribution < -0.4 is 0 Å². The van der Waals surface area contributed by atoms with Crippen LogP contribution in [0.3, 0.4) is 0 Å². The first-order valence-corrected chi connectivity index (χ1v) is 8.16. The van der Waals surface area contributed by atoms with Gasteiger partial charge in [0.05, 0.1) is 17.6 Å². The van der Waals surface area contributed by atoms with Crippen LogP contribution in [0, 0.1) is 0 Å². The summed E-state index contributed by atoms with van der Waals surface area (Å²) in [5, 5.41) is 10.6. The minimum atomic E-state index is -0.511. The van der Waals surface area contributed by atoms with Crippen LogP contribution in [-0.4, -0.2) is 23.8 Å². The van der Waals surface area contributed by atoms with Gasteiger partial charge in [-0.1, -0.05) is 41.9 Å². The molecule has 0 aromatic heterocycles. The Balaban J connectivity index is 1.83. The van der Waals surface area contributed by atoms with Crippen LogP contribution in [0.25, 0.3) is 0 Å². The molecule has 1 N–H and O–H groups in total. The van der Waals surface area contributed by atoms with Crippen molar-refractivity contribution in [2.24, 2.45) is 0 Å². The highest BCUT2D eigenvalue weighted by Gasteiger charge is 2.46. The zero-order valence-electron chi connectivity index (χ0n) is 12.7. The van der Waals surface area contributed by atoms with Crippen molar-refractivity contribution >= 4 is 17.6 Å². The molecule has 0 bridgehead atoms. The summed E-state index contributed by atoms with van der Waals surface area (Å²) in [6.07, 6.45) is 2.17. The quantitative estimate of drug-likeness (QED) is 0.862. The highest BCUT2D eigenvalue weighted by Crippen LogP contribution is 2.43. The van der Waals surface area contributed by atoms with Crippen LogP contribution in [0.15, 0.2) is 54.6 Å². The number of aliphatic hydroxyl groups is 1. The number of ether oxygens (including phenoxy) is 1. The van der Waals surface area contributed by atoms with Crippen LogP contribution in [0.1, 0.15) is 35.2 Å². The Bertz CT molecular complexity index is 669. The van der Waals surface area contributed by atoms with Crippen molar-refractivity contribution in [2.75, 3.05) is 6.61 Å². The standard InChI is InChI=1S/C19H19ClO3/c20-16-10-8-14(9-11-16)18(22)23-17-7-4-12-19(17,13-21)15-5-2-1-3-6-15/h1-3,5-6,8-11,17,21H,4,7,12-13H2/t17-,19-/m1/s1. The lowest BCUT2D eigenvalue weighted by Gasteiger charge is -2.33. The van der Waals surface area contributed by atoms with Gasteiger partial charge in [-0.3, -0.25) is 0 Å². The second kappa shape index (κ2) is 6.73. The maximum absolute atomic E-state index is 12.4. The highest BCUT2D eigenvalue weighted by molar-refractivity contribution is 6.30. The molecule has 4 heteroatoms. The first kappa shape index (κ1) is 16.0. The summed E-state index contributed by atoms with van der Waals surface area (Å²) in [6.45, 7) is -0.0322. The Morgan fingerprint density at radius 1 is 1.17 bits per heavy atom. The van der Waals surface area contributed by atoms with Gasteiger partial charge in [0.1, 0.15) is 6.10 Å². The third-order valence-electron chi connectivity index (χ3n) is 4.67. The maximum atomic E-state index is 12.4. The van der Waals surface area contributed by atoms with Gasteiger partial charge in [0.25, 0.3) is 0 Å². The lowest BCUT2D eigenvalue weighted by atomic mass is 9.78. The zero-order chi connectivity index (χ0) is 16.3. The molecule has 0 amide bonds. The third-order valence-corrected chi connectivity index (χ3v) is 4.92. The van der Waals surface area contributed by atoms with Crippen LogP contribution >= 0.6 is 11.6 Å². The number of hydrogen-bond acceptors (Lipinski definition) is 3. The van der Waals surface area contributed by atoms with Gasteiger partial charge in [0.15, 0.2) is 0 Å². The summed E-state index contributed by atoms with van der Waals surface area (Å²) in [6, 6.07) is 16.5. The topological polar surface area (TPSA) is 46.5 Å². The number of benzene rings is 2. The molecule has 2 atom stereocenters. The fraction of sp³-hybridized carbons (Fsp3) is 0.316. The van der Waals surface area contributed by atoms with Crippen molar-refractivity contribution in [1.29, 1.82) is 0 Å². The molecule has 0 spiro atoms. The van der Waals surface area contributed by atoms with Crippen LogP contribution in [-0.2, 0) is 10.2 Å². The molecule has 0 heterocycles. The minimum absolute atomic E-state index is 0.0322. The van der Waals surface area contributed by atoms with Gasteiger partial charge >= 0.3 is 5.97 Å². The molecule has 2 aromatic carbocycles. The van der Waals surface area contributed by atoms with Crippen molar-refractivity contribution in [3.63, 3.8) is 0 Å². The fourth-order valence-electron chi connectivity index (χ4n) is 3.37. The molecule has 1 aliphatic carbocycles. The molecule has 2 aromatic rings. The van der Waals surface area contributed by atoms with Crippen LogP contribution in [0.2, 0.25) is 5.02 Å². The van der Waals surface area contributed by atoms with E-state index in [1.807, 2.05) is 30.3 Å². The molecule has 23 heavy (non-hydrogen) atoms. The smallest absolute Gasteiger partial charge is 0.338 e. The molecular weight excluding hydrogens is 312 g/mol. The Hall–Kier alpha value is -1.84. The minimum Gasteiger partial charge on any atom is -0.458 e. The number of carbonyl (C=O) groups is 1. The molecule has 1 fully saturated rings. The molecule has 3 rings (SSSR count). The van der Waals surface area contributed by atoms with Crippen LogP contribution in [0.5, 0.6) is 0 Å². The van der Waals surface area contributed by atoms with Gasteiger partial charge < -0.3 is 9.84 Å². The number of esters is 1. The summed E-state index contributed by atoms with van der Waals surface area (Å²) < 4.78 is 5.76. The first-order valence-electron chi connectivity index (χ1n) is 7.79. The van der Waals surface area contributed by atoms with E-state index in [1.54, 1.807) is 24.3 Å². The molecule has 0 aliphatic heterocycles. The van der Waals surface area contributed by atoms with Gasteiger partial charge in [-0.25, -0.2) is 4.79 Å². The Kier molecular flexibility index (Phi) is 4.69. The number of halogens is 1. The van der Waals surface area contributed by atoms with Crippen molar-refractivity contribution in [2.45, 2.75) is 30.8 Å². The van der Waals surface area contributed by atoms with Gasteiger partial charge in [-0.05, 0) is 49.1 Å². The number of aliphatic hydroxyl groups excluding tert-OH is 1. The fourth-order valence-corrected chi connectivity index (χ4v) is 3.49. The van der Waals surface area contributed by atoms with Crippen molar-refractivity contribution in [3.05, 3.63) is 70.7 Å². The summed E-state index contributed by atoms with van der Waals surface area (Å²) >= 11 is 5.85. The van der Waals surface area contributed by atoms with Gasteiger partial charge in [0, 0.05) is 5.02 Å². The molecule has 0 radical (unpaired) electrons.